The van der Waals surface area contributed by atoms with Crippen LogP contribution in [-0.4, -0.2) is 58.3 Å². The van der Waals surface area contributed by atoms with Crippen molar-refractivity contribution in [2.75, 3.05) is 13.7 Å². The largest absolute Gasteiger partial charge is 0.434 e. The smallest absolute Gasteiger partial charge is 0.395 e. The summed E-state index contributed by atoms with van der Waals surface area (Å²) in [6, 6.07) is 0. The molecule has 0 N–H and O–H groups in total. The molecule has 0 aliphatic rings. The molecule has 156 valence electrons. The normalized spacial score (nSPS) is 20.2. The molecular weight excluding hydrogens is 420 g/mol. The predicted molar refractivity (Wildman–Crippen MR) is 65.5 cm³/mol. The molecule has 0 rings (SSSR count). The second-order valence-electron chi connectivity index (χ2n) is 5.14. The van der Waals surface area contributed by atoms with E-state index in [0.29, 0.717) is 5.70 Å². The fourth-order valence-electron chi connectivity index (χ4n) is 1.51. The number of rotatable bonds is 7. The Morgan fingerprint density at radius 1 is 0.885 bits per heavy atom. The molecule has 0 aromatic heterocycles. The second kappa shape index (κ2) is 7.22. The molecular formula is C11H12F12O2Si. The summed E-state index contributed by atoms with van der Waals surface area (Å²) in [5.41, 5.74) is -12.5. The van der Waals surface area contributed by atoms with Gasteiger partial charge in [0.2, 0.25) is 0 Å². The van der Waals surface area contributed by atoms with Gasteiger partial charge in [-0.1, -0.05) is 0 Å². The Hall–Kier alpha value is -0.963. The van der Waals surface area contributed by atoms with Gasteiger partial charge in [-0.3, -0.25) is 0 Å². The van der Waals surface area contributed by atoms with Crippen molar-refractivity contribution in [1.82, 2.24) is 0 Å². The van der Waals surface area contributed by atoms with Crippen molar-refractivity contribution in [2.45, 2.75) is 42.6 Å². The lowest BCUT2D eigenvalue weighted by atomic mass is 9.86. The zero-order valence-electron chi connectivity index (χ0n) is 12.9. The minimum atomic E-state index is -7.24. The van der Waals surface area contributed by atoms with Gasteiger partial charge in [0.1, 0.15) is 0 Å². The quantitative estimate of drug-likeness (QED) is 0.422. The van der Waals surface area contributed by atoms with Gasteiger partial charge in [0.15, 0.2) is 6.17 Å². The minimum absolute atomic E-state index is 0.688. The van der Waals surface area contributed by atoms with Gasteiger partial charge < -0.3 is 8.85 Å². The highest BCUT2D eigenvalue weighted by molar-refractivity contribution is 6.71. The van der Waals surface area contributed by atoms with Crippen LogP contribution < -0.4 is 0 Å². The van der Waals surface area contributed by atoms with Gasteiger partial charge in [0.05, 0.1) is 6.61 Å². The van der Waals surface area contributed by atoms with Gasteiger partial charge in [-0.2, -0.15) is 39.5 Å². The van der Waals surface area contributed by atoms with Crippen molar-refractivity contribution in [3.8, 4) is 0 Å². The van der Waals surface area contributed by atoms with Crippen molar-refractivity contribution in [2.24, 2.45) is 0 Å². The van der Waals surface area contributed by atoms with Crippen molar-refractivity contribution in [3.05, 3.63) is 12.3 Å². The molecule has 0 aromatic rings. The van der Waals surface area contributed by atoms with Crippen LogP contribution in [0, 0.1) is 0 Å². The molecule has 0 radical (unpaired) electrons. The number of halogens is 12. The molecule has 0 saturated heterocycles. The van der Waals surface area contributed by atoms with Crippen LogP contribution in [0.1, 0.15) is 0 Å². The maximum Gasteiger partial charge on any atom is 0.434 e. The topological polar surface area (TPSA) is 18.5 Å². The van der Waals surface area contributed by atoms with Crippen molar-refractivity contribution in [1.29, 1.82) is 0 Å². The third-order valence-electron chi connectivity index (χ3n) is 3.39. The summed E-state index contributed by atoms with van der Waals surface area (Å²) in [6.45, 7) is 1.17. The Labute approximate surface area is 140 Å². The Kier molecular flexibility index (Phi) is 6.95. The van der Waals surface area contributed by atoms with Crippen molar-refractivity contribution < 1.29 is 61.5 Å². The standard InChI is InChI=1S/C11H12F12O2Si/c1-4-26(3,24-2)25-5-7(13,9(15,16)17)6(12)8(14,10(18,19)20)11(21,22)23/h4,6H,1,5H2,2-3H3. The second-order valence-corrected chi connectivity index (χ2v) is 8.28. The zero-order valence-corrected chi connectivity index (χ0v) is 13.9. The van der Waals surface area contributed by atoms with Gasteiger partial charge in [-0.15, -0.1) is 6.58 Å². The van der Waals surface area contributed by atoms with E-state index in [2.05, 4.69) is 15.4 Å². The molecule has 0 heterocycles. The van der Waals surface area contributed by atoms with Gasteiger partial charge in [0, 0.05) is 7.11 Å². The molecule has 0 aliphatic carbocycles. The van der Waals surface area contributed by atoms with Crippen LogP contribution in [0.25, 0.3) is 0 Å². The summed E-state index contributed by atoms with van der Waals surface area (Å²) in [7, 11) is -3.11. The zero-order chi connectivity index (χ0) is 21.4. The third-order valence-corrected chi connectivity index (χ3v) is 5.66. The van der Waals surface area contributed by atoms with Gasteiger partial charge in [-0.05, 0) is 12.2 Å². The number of hydrogen-bond acceptors (Lipinski definition) is 2. The molecule has 0 spiro atoms. The molecule has 15 heteroatoms. The fraction of sp³-hybridized carbons (Fsp3) is 0.818. The lowest BCUT2D eigenvalue weighted by Crippen LogP contribution is -2.69. The maximum absolute atomic E-state index is 14.1. The first-order valence-electron chi connectivity index (χ1n) is 6.28. The molecule has 0 aliphatic heterocycles. The average molecular weight is 432 g/mol. The van der Waals surface area contributed by atoms with E-state index in [-0.39, 0.29) is 0 Å². The summed E-state index contributed by atoms with van der Waals surface area (Å²) in [4.78, 5) is 0. The van der Waals surface area contributed by atoms with E-state index in [4.69, 9.17) is 0 Å². The Morgan fingerprint density at radius 3 is 1.50 bits per heavy atom. The highest BCUT2D eigenvalue weighted by Gasteiger charge is 2.84. The number of alkyl halides is 12. The van der Waals surface area contributed by atoms with E-state index in [1.54, 1.807) is 0 Å². The van der Waals surface area contributed by atoms with Crippen LogP contribution in [-0.2, 0) is 8.85 Å². The van der Waals surface area contributed by atoms with E-state index in [9.17, 15) is 52.7 Å². The summed E-state index contributed by atoms with van der Waals surface area (Å²) < 4.78 is 163. The summed E-state index contributed by atoms with van der Waals surface area (Å²) in [6.07, 6.45) is -26.9. The molecule has 0 fully saturated rings. The first-order valence-corrected chi connectivity index (χ1v) is 8.67. The number of hydrogen-bond donors (Lipinski definition) is 0. The molecule has 0 saturated carbocycles. The monoisotopic (exact) mass is 432 g/mol. The van der Waals surface area contributed by atoms with Crippen LogP contribution in [0.2, 0.25) is 6.55 Å². The van der Waals surface area contributed by atoms with E-state index in [1.165, 1.54) is 0 Å². The van der Waals surface area contributed by atoms with E-state index in [1.807, 2.05) is 0 Å². The lowest BCUT2D eigenvalue weighted by Gasteiger charge is -2.40. The minimum Gasteiger partial charge on any atom is -0.395 e. The predicted octanol–water partition coefficient (Wildman–Crippen LogP) is 4.89. The lowest BCUT2D eigenvalue weighted by molar-refractivity contribution is -0.384. The van der Waals surface area contributed by atoms with E-state index >= 15 is 0 Å². The maximum atomic E-state index is 14.1. The highest BCUT2D eigenvalue weighted by Crippen LogP contribution is 2.55. The van der Waals surface area contributed by atoms with Gasteiger partial charge in [-0.25, -0.2) is 13.2 Å². The van der Waals surface area contributed by atoms with Gasteiger partial charge in [0.25, 0.3) is 5.67 Å². The summed E-state index contributed by atoms with van der Waals surface area (Å²) >= 11 is 0. The average Bonchev–Trinajstić information content (AvgIpc) is 2.47. The van der Waals surface area contributed by atoms with Crippen molar-refractivity contribution in [3.63, 3.8) is 0 Å². The SMILES string of the molecule is C=C[Si](C)(OC)OCC(F)(C(F)C(F)(C(F)(F)F)C(F)(F)F)C(F)(F)F. The Bertz CT molecular complexity index is 487. The van der Waals surface area contributed by atoms with E-state index < -0.39 is 51.2 Å². The van der Waals surface area contributed by atoms with Crippen LogP contribution in [0.4, 0.5) is 52.7 Å². The van der Waals surface area contributed by atoms with Crippen LogP contribution in [0.15, 0.2) is 12.3 Å². The van der Waals surface area contributed by atoms with Gasteiger partial charge >= 0.3 is 32.8 Å². The first kappa shape index (κ1) is 25.0. The summed E-state index contributed by atoms with van der Waals surface area (Å²) in [5, 5.41) is 0. The van der Waals surface area contributed by atoms with Crippen LogP contribution in [0.3, 0.4) is 0 Å². The molecule has 3 unspecified atom stereocenters. The van der Waals surface area contributed by atoms with Crippen molar-refractivity contribution >= 4 is 8.56 Å². The Balaban J connectivity index is 6.27. The van der Waals surface area contributed by atoms with Crippen LogP contribution >= 0.6 is 0 Å². The molecule has 3 atom stereocenters. The summed E-state index contributed by atoms with van der Waals surface area (Å²) in [5.74, 6) is 0. The first-order chi connectivity index (χ1) is 11.2. The molecule has 0 amide bonds. The molecule has 0 bridgehead atoms. The van der Waals surface area contributed by atoms with E-state index in [0.717, 1.165) is 13.7 Å². The van der Waals surface area contributed by atoms with Crippen LogP contribution in [0.5, 0.6) is 0 Å². The fourth-order valence-corrected chi connectivity index (χ4v) is 2.41. The highest BCUT2D eigenvalue weighted by atomic mass is 28.4. The molecule has 26 heavy (non-hydrogen) atoms. The molecule has 2 nitrogen and oxygen atoms in total. The Morgan fingerprint density at radius 2 is 1.27 bits per heavy atom. The third kappa shape index (κ3) is 4.29. The molecule has 0 aromatic carbocycles.